The van der Waals surface area contributed by atoms with Crippen LogP contribution >= 0.6 is 0 Å². The molecule has 1 aliphatic heterocycles. The number of hydrogen-bond donors (Lipinski definition) is 1. The van der Waals surface area contributed by atoms with E-state index in [2.05, 4.69) is 4.90 Å². The summed E-state index contributed by atoms with van der Waals surface area (Å²) >= 11 is 0. The van der Waals surface area contributed by atoms with E-state index in [1.807, 2.05) is 0 Å². The molecule has 2 rings (SSSR count). The van der Waals surface area contributed by atoms with E-state index in [1.54, 1.807) is 0 Å². The molecule has 2 fully saturated rings. The Balaban J connectivity index is 1.81. The van der Waals surface area contributed by atoms with Crippen LogP contribution in [0.4, 0.5) is 0 Å². The monoisotopic (exact) mass is 225 g/mol. The number of hydrogen-bond acceptors (Lipinski definition) is 2. The maximum Gasteiger partial charge on any atom is 0.0580 e. The molecular formula is C14H27NO. The predicted octanol–water partition coefficient (Wildman–Crippen LogP) is 2.80. The average molecular weight is 225 g/mol. The van der Waals surface area contributed by atoms with Crippen molar-refractivity contribution in [3.05, 3.63) is 0 Å². The van der Waals surface area contributed by atoms with Gasteiger partial charge in [0.15, 0.2) is 0 Å². The molecule has 0 bridgehead atoms. The summed E-state index contributed by atoms with van der Waals surface area (Å²) in [5, 5.41) is 10.1. The van der Waals surface area contributed by atoms with Gasteiger partial charge in [-0.2, -0.15) is 0 Å². The van der Waals surface area contributed by atoms with Crippen LogP contribution in [-0.4, -0.2) is 35.7 Å². The largest absolute Gasteiger partial charge is 0.393 e. The van der Waals surface area contributed by atoms with Gasteiger partial charge in [0, 0.05) is 6.54 Å². The normalized spacial score (nSPS) is 34.3. The molecule has 1 saturated carbocycles. The highest BCUT2D eigenvalue weighted by atomic mass is 16.3. The number of likely N-dealkylation sites (tertiary alicyclic amines) is 1. The summed E-state index contributed by atoms with van der Waals surface area (Å²) < 4.78 is 0. The molecule has 0 aromatic rings. The molecule has 94 valence electrons. The fourth-order valence-electron chi connectivity index (χ4n) is 3.23. The van der Waals surface area contributed by atoms with Gasteiger partial charge in [-0.05, 0) is 44.7 Å². The van der Waals surface area contributed by atoms with Crippen LogP contribution in [-0.2, 0) is 0 Å². The van der Waals surface area contributed by atoms with E-state index < -0.39 is 0 Å². The van der Waals surface area contributed by atoms with Crippen LogP contribution in [0.25, 0.3) is 0 Å². The zero-order valence-electron chi connectivity index (χ0n) is 10.5. The van der Waals surface area contributed by atoms with Crippen molar-refractivity contribution in [3.8, 4) is 0 Å². The standard InChI is InChI=1S/C14H27NO/c16-14-9-5-3-4-8-13(14)12-15-10-6-1-2-7-11-15/h13-14,16H,1-12H2. The third kappa shape index (κ3) is 3.74. The van der Waals surface area contributed by atoms with Gasteiger partial charge in [0.05, 0.1) is 6.10 Å². The summed E-state index contributed by atoms with van der Waals surface area (Å²) in [6, 6.07) is 0. The summed E-state index contributed by atoms with van der Waals surface area (Å²) in [7, 11) is 0. The highest BCUT2D eigenvalue weighted by Crippen LogP contribution is 2.25. The van der Waals surface area contributed by atoms with E-state index in [4.69, 9.17) is 0 Å². The maximum absolute atomic E-state index is 10.1. The second kappa shape index (κ2) is 6.61. The van der Waals surface area contributed by atoms with Crippen molar-refractivity contribution < 1.29 is 5.11 Å². The van der Waals surface area contributed by atoms with Crippen LogP contribution in [0, 0.1) is 5.92 Å². The van der Waals surface area contributed by atoms with Gasteiger partial charge in [0.25, 0.3) is 0 Å². The summed E-state index contributed by atoms with van der Waals surface area (Å²) in [6.07, 6.45) is 11.7. The van der Waals surface area contributed by atoms with Gasteiger partial charge >= 0.3 is 0 Å². The molecule has 0 amide bonds. The number of nitrogens with zero attached hydrogens (tertiary/aromatic N) is 1. The molecule has 1 aliphatic carbocycles. The predicted molar refractivity (Wildman–Crippen MR) is 67.5 cm³/mol. The second-order valence-corrected chi connectivity index (χ2v) is 5.68. The lowest BCUT2D eigenvalue weighted by molar-refractivity contribution is 0.0742. The lowest BCUT2D eigenvalue weighted by atomic mass is 9.96. The van der Waals surface area contributed by atoms with Gasteiger partial charge in [0.2, 0.25) is 0 Å². The van der Waals surface area contributed by atoms with Crippen LogP contribution in [0.3, 0.4) is 0 Å². The Morgan fingerprint density at radius 3 is 2.19 bits per heavy atom. The minimum Gasteiger partial charge on any atom is -0.393 e. The lowest BCUT2D eigenvalue weighted by Gasteiger charge is -2.28. The molecule has 2 unspecified atom stereocenters. The Kier molecular flexibility index (Phi) is 5.11. The first kappa shape index (κ1) is 12.4. The zero-order valence-corrected chi connectivity index (χ0v) is 10.5. The molecule has 1 saturated heterocycles. The molecule has 0 aromatic carbocycles. The van der Waals surface area contributed by atoms with Gasteiger partial charge < -0.3 is 10.0 Å². The third-order valence-electron chi connectivity index (χ3n) is 4.31. The number of aliphatic hydroxyl groups is 1. The first-order chi connectivity index (χ1) is 7.86. The van der Waals surface area contributed by atoms with Crippen LogP contribution < -0.4 is 0 Å². The van der Waals surface area contributed by atoms with Crippen LogP contribution in [0.15, 0.2) is 0 Å². The van der Waals surface area contributed by atoms with E-state index in [0.29, 0.717) is 5.92 Å². The lowest BCUT2D eigenvalue weighted by Crippen LogP contribution is -2.35. The van der Waals surface area contributed by atoms with Gasteiger partial charge in [-0.1, -0.05) is 32.1 Å². The first-order valence-electron chi connectivity index (χ1n) is 7.26. The molecule has 0 aromatic heterocycles. The molecule has 2 heteroatoms. The van der Waals surface area contributed by atoms with Gasteiger partial charge in [-0.3, -0.25) is 0 Å². The Bertz CT molecular complexity index is 187. The highest BCUT2D eigenvalue weighted by Gasteiger charge is 2.24. The summed E-state index contributed by atoms with van der Waals surface area (Å²) in [4.78, 5) is 2.60. The van der Waals surface area contributed by atoms with Crippen molar-refractivity contribution >= 4 is 0 Å². The zero-order chi connectivity index (χ0) is 11.2. The van der Waals surface area contributed by atoms with Crippen LogP contribution in [0.5, 0.6) is 0 Å². The Morgan fingerprint density at radius 2 is 1.44 bits per heavy atom. The molecule has 0 spiro atoms. The van der Waals surface area contributed by atoms with Crippen LogP contribution in [0.1, 0.15) is 57.8 Å². The van der Waals surface area contributed by atoms with Crippen molar-refractivity contribution in [2.45, 2.75) is 63.9 Å². The Hall–Kier alpha value is -0.0800. The molecule has 1 N–H and O–H groups in total. The van der Waals surface area contributed by atoms with E-state index in [9.17, 15) is 5.11 Å². The van der Waals surface area contributed by atoms with Gasteiger partial charge in [0.1, 0.15) is 0 Å². The quantitative estimate of drug-likeness (QED) is 0.731. The van der Waals surface area contributed by atoms with Gasteiger partial charge in [-0.25, -0.2) is 0 Å². The molecule has 2 atom stereocenters. The Morgan fingerprint density at radius 1 is 0.812 bits per heavy atom. The average Bonchev–Trinajstić information content (AvgIpc) is 2.64. The summed E-state index contributed by atoms with van der Waals surface area (Å²) in [5.74, 6) is 0.556. The third-order valence-corrected chi connectivity index (χ3v) is 4.31. The minimum atomic E-state index is -0.0225. The van der Waals surface area contributed by atoms with E-state index in [1.165, 1.54) is 64.5 Å². The molecular weight excluding hydrogens is 198 g/mol. The minimum absolute atomic E-state index is 0.0225. The summed E-state index contributed by atoms with van der Waals surface area (Å²) in [6.45, 7) is 3.69. The second-order valence-electron chi connectivity index (χ2n) is 5.68. The molecule has 1 heterocycles. The molecule has 2 aliphatic rings. The SMILES string of the molecule is OC1CCCCCC1CN1CCCCCC1. The van der Waals surface area contributed by atoms with Gasteiger partial charge in [-0.15, -0.1) is 0 Å². The van der Waals surface area contributed by atoms with E-state index >= 15 is 0 Å². The van der Waals surface area contributed by atoms with Crippen LogP contribution in [0.2, 0.25) is 0 Å². The Labute approximate surface area is 100 Å². The van der Waals surface area contributed by atoms with E-state index in [0.717, 1.165) is 13.0 Å². The van der Waals surface area contributed by atoms with Crippen molar-refractivity contribution in [1.29, 1.82) is 0 Å². The summed E-state index contributed by atoms with van der Waals surface area (Å²) in [5.41, 5.74) is 0. The fraction of sp³-hybridized carbons (Fsp3) is 1.00. The topological polar surface area (TPSA) is 23.5 Å². The first-order valence-corrected chi connectivity index (χ1v) is 7.26. The molecule has 0 radical (unpaired) electrons. The fourth-order valence-corrected chi connectivity index (χ4v) is 3.23. The highest BCUT2D eigenvalue weighted by molar-refractivity contribution is 4.77. The van der Waals surface area contributed by atoms with Crippen molar-refractivity contribution in [1.82, 2.24) is 4.90 Å². The van der Waals surface area contributed by atoms with Crippen molar-refractivity contribution in [3.63, 3.8) is 0 Å². The molecule has 2 nitrogen and oxygen atoms in total. The molecule has 16 heavy (non-hydrogen) atoms. The van der Waals surface area contributed by atoms with Crippen molar-refractivity contribution in [2.24, 2.45) is 5.92 Å². The van der Waals surface area contributed by atoms with E-state index in [-0.39, 0.29) is 6.10 Å². The maximum atomic E-state index is 10.1. The number of aliphatic hydroxyl groups excluding tert-OH is 1. The smallest absolute Gasteiger partial charge is 0.0580 e. The van der Waals surface area contributed by atoms with Crippen molar-refractivity contribution in [2.75, 3.05) is 19.6 Å². The number of rotatable bonds is 2.